The van der Waals surface area contributed by atoms with Crippen molar-refractivity contribution in [2.45, 2.75) is 0 Å². The third-order valence-corrected chi connectivity index (χ3v) is 3.08. The van der Waals surface area contributed by atoms with E-state index in [1.165, 1.54) is 5.56 Å². The van der Waals surface area contributed by atoms with Crippen molar-refractivity contribution in [2.75, 3.05) is 19.0 Å². The first-order valence-corrected chi connectivity index (χ1v) is 6.54. The molecule has 3 nitrogen and oxygen atoms in total. The first-order chi connectivity index (χ1) is 9.74. The van der Waals surface area contributed by atoms with Crippen molar-refractivity contribution >= 4 is 29.3 Å². The summed E-state index contributed by atoms with van der Waals surface area (Å²) in [6.07, 6.45) is 4.15. The van der Waals surface area contributed by atoms with Gasteiger partial charge in [0.05, 0.1) is 0 Å². The van der Waals surface area contributed by atoms with Gasteiger partial charge in [-0.3, -0.25) is 0 Å². The number of aromatic nitrogens is 1. The number of hydrogen-bond acceptors (Lipinski definition) is 3. The molecule has 0 aliphatic carbocycles. The van der Waals surface area contributed by atoms with Crippen LogP contribution in [0.2, 0.25) is 0 Å². The van der Waals surface area contributed by atoms with Gasteiger partial charge in [-0.25, -0.2) is 0 Å². The van der Waals surface area contributed by atoms with Crippen LogP contribution in [0.1, 0.15) is 11.1 Å². The van der Waals surface area contributed by atoms with Gasteiger partial charge in [-0.1, -0.05) is 54.6 Å². The summed E-state index contributed by atoms with van der Waals surface area (Å²) in [6.45, 7) is 0. The summed E-state index contributed by atoms with van der Waals surface area (Å²) in [5, 5.41) is 0. The molecule has 20 heavy (non-hydrogen) atoms. The van der Waals surface area contributed by atoms with Crippen molar-refractivity contribution in [3.8, 4) is 0 Å². The van der Waals surface area contributed by atoms with Gasteiger partial charge in [-0.05, 0) is 11.6 Å². The van der Waals surface area contributed by atoms with Crippen molar-refractivity contribution in [3.63, 3.8) is 0 Å². The maximum atomic E-state index is 5.70. The molecule has 0 N–H and O–H groups in total. The van der Waals surface area contributed by atoms with Crippen LogP contribution in [-0.2, 0) is 0 Å². The third kappa shape index (κ3) is 2.43. The first-order valence-electron chi connectivity index (χ1n) is 6.54. The Bertz CT molecular complexity index is 742. The average molecular weight is 264 g/mol. The van der Waals surface area contributed by atoms with Crippen LogP contribution in [0, 0.1) is 0 Å². The minimum Gasteiger partial charge on any atom is -0.423 e. The number of benzene rings is 2. The Hall–Kier alpha value is -2.55. The zero-order valence-corrected chi connectivity index (χ0v) is 11.6. The second kappa shape index (κ2) is 5.21. The largest absolute Gasteiger partial charge is 0.423 e. The molecule has 2 aromatic carbocycles. The van der Waals surface area contributed by atoms with Gasteiger partial charge < -0.3 is 9.32 Å². The summed E-state index contributed by atoms with van der Waals surface area (Å²) in [4.78, 5) is 6.40. The lowest BCUT2D eigenvalue weighted by Crippen LogP contribution is -2.08. The lowest BCUT2D eigenvalue weighted by Gasteiger charge is -2.03. The minimum atomic E-state index is 0.626. The number of nitrogens with zero attached hydrogens (tertiary/aromatic N) is 2. The maximum absolute atomic E-state index is 5.70. The van der Waals surface area contributed by atoms with E-state index in [2.05, 4.69) is 29.3 Å². The Balaban J connectivity index is 2.01. The monoisotopic (exact) mass is 264 g/mol. The Morgan fingerprint density at radius 3 is 2.50 bits per heavy atom. The van der Waals surface area contributed by atoms with Gasteiger partial charge in [0.2, 0.25) is 0 Å². The first kappa shape index (κ1) is 12.5. The highest BCUT2D eigenvalue weighted by Gasteiger charge is 2.09. The van der Waals surface area contributed by atoms with Crippen molar-refractivity contribution < 1.29 is 4.42 Å². The molecule has 3 aromatic rings. The Morgan fingerprint density at radius 1 is 0.950 bits per heavy atom. The van der Waals surface area contributed by atoms with Gasteiger partial charge in [0.25, 0.3) is 6.01 Å². The van der Waals surface area contributed by atoms with Crippen LogP contribution < -0.4 is 4.90 Å². The quantitative estimate of drug-likeness (QED) is 0.668. The minimum absolute atomic E-state index is 0.626. The summed E-state index contributed by atoms with van der Waals surface area (Å²) >= 11 is 0. The predicted octanol–water partition coefficient (Wildman–Crippen LogP) is 4.06. The number of anilines is 1. The molecule has 0 bridgehead atoms. The molecule has 0 amide bonds. The molecule has 0 aliphatic heterocycles. The average Bonchev–Trinajstić information content (AvgIpc) is 2.91. The summed E-state index contributed by atoms with van der Waals surface area (Å²) < 4.78 is 5.70. The molecule has 3 heteroatoms. The van der Waals surface area contributed by atoms with E-state index in [-0.39, 0.29) is 0 Å². The van der Waals surface area contributed by atoms with E-state index in [1.807, 2.05) is 55.4 Å². The molecule has 100 valence electrons. The van der Waals surface area contributed by atoms with E-state index < -0.39 is 0 Å². The molecule has 1 heterocycles. The van der Waals surface area contributed by atoms with E-state index >= 15 is 0 Å². The molecule has 0 saturated heterocycles. The maximum Gasteiger partial charge on any atom is 0.297 e. The molecular formula is C17H16N2O. The SMILES string of the molecule is CN(C)c1nc2c(C=Cc3ccccc3)cccc2o1. The lowest BCUT2D eigenvalue weighted by atomic mass is 10.1. The van der Waals surface area contributed by atoms with Crippen molar-refractivity contribution in [1.82, 2.24) is 4.98 Å². The molecule has 0 unspecified atom stereocenters. The fourth-order valence-corrected chi connectivity index (χ4v) is 2.03. The normalized spacial score (nSPS) is 11.3. The van der Waals surface area contributed by atoms with Crippen LogP contribution in [0.15, 0.2) is 52.9 Å². The van der Waals surface area contributed by atoms with Gasteiger partial charge >= 0.3 is 0 Å². The van der Waals surface area contributed by atoms with Crippen LogP contribution in [0.5, 0.6) is 0 Å². The smallest absolute Gasteiger partial charge is 0.297 e. The molecule has 1 aromatic heterocycles. The van der Waals surface area contributed by atoms with Gasteiger partial charge in [-0.2, -0.15) is 4.98 Å². The predicted molar refractivity (Wildman–Crippen MR) is 83.7 cm³/mol. The van der Waals surface area contributed by atoms with E-state index in [9.17, 15) is 0 Å². The molecule has 0 atom stereocenters. The number of para-hydroxylation sites is 1. The van der Waals surface area contributed by atoms with Crippen LogP contribution >= 0.6 is 0 Å². The fourth-order valence-electron chi connectivity index (χ4n) is 2.03. The second-order valence-electron chi connectivity index (χ2n) is 4.83. The molecule has 3 rings (SSSR count). The molecule has 0 fully saturated rings. The Labute approximate surface area is 118 Å². The zero-order chi connectivity index (χ0) is 13.9. The molecule has 0 spiro atoms. The number of fused-ring (bicyclic) bond motifs is 1. The van der Waals surface area contributed by atoms with Crippen LogP contribution in [0.3, 0.4) is 0 Å². The standard InChI is InChI=1S/C17H16N2O/c1-19(2)17-18-16-14(9-6-10-15(16)20-17)12-11-13-7-4-3-5-8-13/h3-12H,1-2H3. The van der Waals surface area contributed by atoms with Crippen molar-refractivity contribution in [1.29, 1.82) is 0 Å². The number of hydrogen-bond donors (Lipinski definition) is 0. The highest BCUT2D eigenvalue weighted by molar-refractivity contribution is 5.87. The molecule has 0 saturated carbocycles. The van der Waals surface area contributed by atoms with Gasteiger partial charge in [0.15, 0.2) is 5.58 Å². The van der Waals surface area contributed by atoms with Gasteiger partial charge in [0.1, 0.15) is 5.52 Å². The van der Waals surface area contributed by atoms with Crippen LogP contribution in [-0.4, -0.2) is 19.1 Å². The summed E-state index contributed by atoms with van der Waals surface area (Å²) in [7, 11) is 3.84. The van der Waals surface area contributed by atoms with E-state index in [1.54, 1.807) is 0 Å². The van der Waals surface area contributed by atoms with E-state index in [0.717, 1.165) is 16.7 Å². The van der Waals surface area contributed by atoms with Gasteiger partial charge in [-0.15, -0.1) is 0 Å². The van der Waals surface area contributed by atoms with Crippen LogP contribution in [0.25, 0.3) is 23.3 Å². The van der Waals surface area contributed by atoms with E-state index in [4.69, 9.17) is 4.42 Å². The third-order valence-electron chi connectivity index (χ3n) is 3.08. The van der Waals surface area contributed by atoms with Crippen molar-refractivity contribution in [3.05, 3.63) is 59.7 Å². The lowest BCUT2D eigenvalue weighted by molar-refractivity contribution is 0.597. The van der Waals surface area contributed by atoms with Gasteiger partial charge in [0, 0.05) is 19.7 Å². The Morgan fingerprint density at radius 2 is 1.75 bits per heavy atom. The highest BCUT2D eigenvalue weighted by Crippen LogP contribution is 2.24. The second-order valence-corrected chi connectivity index (χ2v) is 4.83. The zero-order valence-electron chi connectivity index (χ0n) is 11.6. The summed E-state index contributed by atoms with van der Waals surface area (Å²) in [5.41, 5.74) is 3.93. The summed E-state index contributed by atoms with van der Waals surface area (Å²) in [5.74, 6) is 0. The summed E-state index contributed by atoms with van der Waals surface area (Å²) in [6, 6.07) is 16.8. The highest BCUT2D eigenvalue weighted by atomic mass is 16.4. The number of oxazole rings is 1. The molecule has 0 aliphatic rings. The Kier molecular flexibility index (Phi) is 3.25. The van der Waals surface area contributed by atoms with E-state index in [0.29, 0.717) is 6.01 Å². The molecular weight excluding hydrogens is 248 g/mol. The van der Waals surface area contributed by atoms with Crippen molar-refractivity contribution in [2.24, 2.45) is 0 Å². The van der Waals surface area contributed by atoms with Crippen LogP contribution in [0.4, 0.5) is 6.01 Å². The molecule has 0 radical (unpaired) electrons. The fraction of sp³-hybridized carbons (Fsp3) is 0.118. The topological polar surface area (TPSA) is 29.3 Å². The number of rotatable bonds is 3.